The number of hydrogen-bond donors (Lipinski definition) is 3. The molecule has 5 nitrogen and oxygen atoms in total. The molecule has 0 aliphatic carbocycles. The van der Waals surface area contributed by atoms with Gasteiger partial charge in [-0.3, -0.25) is 5.43 Å². The number of carbonyl (C=O) groups is 1. The lowest BCUT2D eigenvalue weighted by Crippen LogP contribution is -2.35. The van der Waals surface area contributed by atoms with Crippen molar-refractivity contribution in [2.24, 2.45) is 0 Å². The van der Waals surface area contributed by atoms with Crippen LogP contribution in [-0.4, -0.2) is 11.7 Å². The predicted molar refractivity (Wildman–Crippen MR) is 63.8 cm³/mol. The quantitative estimate of drug-likeness (QED) is 0.530. The van der Waals surface area contributed by atoms with Crippen LogP contribution < -0.4 is 16.6 Å². The van der Waals surface area contributed by atoms with Gasteiger partial charge in [0, 0.05) is 5.69 Å². The molecule has 0 aliphatic heterocycles. The molecular formula is C11H17N3O2. The van der Waals surface area contributed by atoms with Crippen LogP contribution in [0.3, 0.4) is 0 Å². The van der Waals surface area contributed by atoms with Gasteiger partial charge in [0.05, 0.1) is 5.69 Å². The summed E-state index contributed by atoms with van der Waals surface area (Å²) in [5.74, 6) is 0. The molecule has 5 heteroatoms. The lowest BCUT2D eigenvalue weighted by Gasteiger charge is -2.20. The summed E-state index contributed by atoms with van der Waals surface area (Å²) in [7, 11) is 0. The summed E-state index contributed by atoms with van der Waals surface area (Å²) in [6.45, 7) is 5.40. The monoisotopic (exact) mass is 223 g/mol. The molecule has 0 spiro atoms. The highest BCUT2D eigenvalue weighted by Crippen LogP contribution is 2.11. The molecule has 0 unspecified atom stereocenters. The van der Waals surface area contributed by atoms with Gasteiger partial charge in [0.25, 0.3) is 0 Å². The van der Waals surface area contributed by atoms with Crippen LogP contribution >= 0.6 is 0 Å². The van der Waals surface area contributed by atoms with Crippen LogP contribution in [0.15, 0.2) is 24.3 Å². The van der Waals surface area contributed by atoms with Crippen LogP contribution in [-0.2, 0) is 4.74 Å². The first kappa shape index (κ1) is 12.2. The topological polar surface area (TPSA) is 76.4 Å². The van der Waals surface area contributed by atoms with Gasteiger partial charge in [0.2, 0.25) is 0 Å². The number of hydrazine groups is 1. The Morgan fingerprint density at radius 1 is 1.38 bits per heavy atom. The highest BCUT2D eigenvalue weighted by molar-refractivity contribution is 5.70. The average molecular weight is 223 g/mol. The number of hydrogen-bond acceptors (Lipinski definition) is 4. The van der Waals surface area contributed by atoms with E-state index in [0.29, 0.717) is 11.4 Å². The van der Waals surface area contributed by atoms with Gasteiger partial charge in [0.1, 0.15) is 5.60 Å². The molecule has 0 bridgehead atoms. The second kappa shape index (κ2) is 4.74. The number of carbonyl (C=O) groups excluding carboxylic acids is 1. The standard InChI is InChI=1S/C11H17N3O2/c1-11(2,3)16-10(15)14-13-9-6-4-5-8(12)7-9/h4-7,13H,12H2,1-3H3,(H,14,15). The highest BCUT2D eigenvalue weighted by atomic mass is 16.6. The number of amides is 1. The Bertz CT molecular complexity index is 372. The van der Waals surface area contributed by atoms with Gasteiger partial charge in [-0.15, -0.1) is 0 Å². The third-order valence-electron chi connectivity index (χ3n) is 1.59. The minimum absolute atomic E-state index is 0.512. The van der Waals surface area contributed by atoms with Gasteiger partial charge in [-0.1, -0.05) is 6.07 Å². The molecule has 4 N–H and O–H groups in total. The van der Waals surface area contributed by atoms with Crippen LogP contribution in [0.2, 0.25) is 0 Å². The molecule has 1 aromatic rings. The minimum atomic E-state index is -0.532. The van der Waals surface area contributed by atoms with E-state index < -0.39 is 11.7 Å². The molecule has 1 amide bonds. The Labute approximate surface area is 94.9 Å². The maximum absolute atomic E-state index is 11.3. The maximum Gasteiger partial charge on any atom is 0.426 e. The molecule has 0 heterocycles. The van der Waals surface area contributed by atoms with Gasteiger partial charge in [-0.05, 0) is 39.0 Å². The number of nitrogens with one attached hydrogen (secondary N) is 2. The first-order valence-electron chi connectivity index (χ1n) is 4.97. The van der Waals surface area contributed by atoms with E-state index in [0.717, 1.165) is 0 Å². The van der Waals surface area contributed by atoms with Crippen molar-refractivity contribution in [3.63, 3.8) is 0 Å². The second-order valence-electron chi connectivity index (χ2n) is 4.38. The van der Waals surface area contributed by atoms with Crippen molar-refractivity contribution in [1.82, 2.24) is 5.43 Å². The van der Waals surface area contributed by atoms with Gasteiger partial charge >= 0.3 is 6.09 Å². The van der Waals surface area contributed by atoms with Crippen molar-refractivity contribution in [2.75, 3.05) is 11.2 Å². The molecule has 0 fully saturated rings. The number of rotatable bonds is 2. The van der Waals surface area contributed by atoms with Crippen molar-refractivity contribution in [1.29, 1.82) is 0 Å². The predicted octanol–water partition coefficient (Wildman–Crippen LogP) is 2.12. The second-order valence-corrected chi connectivity index (χ2v) is 4.38. The number of nitrogen functional groups attached to an aromatic ring is 1. The molecule has 16 heavy (non-hydrogen) atoms. The third kappa shape index (κ3) is 4.54. The Kier molecular flexibility index (Phi) is 3.60. The van der Waals surface area contributed by atoms with E-state index in [2.05, 4.69) is 10.9 Å². The zero-order valence-corrected chi connectivity index (χ0v) is 9.70. The van der Waals surface area contributed by atoms with E-state index >= 15 is 0 Å². The van der Waals surface area contributed by atoms with Gasteiger partial charge < -0.3 is 10.5 Å². The number of nitrogens with two attached hydrogens (primary N) is 1. The molecule has 0 saturated heterocycles. The Morgan fingerprint density at radius 3 is 2.62 bits per heavy atom. The fourth-order valence-electron chi connectivity index (χ4n) is 1.04. The first-order valence-corrected chi connectivity index (χ1v) is 4.97. The fraction of sp³-hybridized carbons (Fsp3) is 0.364. The summed E-state index contributed by atoms with van der Waals surface area (Å²) in [5, 5.41) is 0. The lowest BCUT2D eigenvalue weighted by atomic mass is 10.2. The van der Waals surface area contributed by atoms with Gasteiger partial charge in [0.15, 0.2) is 0 Å². The summed E-state index contributed by atoms with van der Waals surface area (Å²) in [6.07, 6.45) is -0.532. The minimum Gasteiger partial charge on any atom is -0.443 e. The van der Waals surface area contributed by atoms with Crippen molar-refractivity contribution in [2.45, 2.75) is 26.4 Å². The average Bonchev–Trinajstić information content (AvgIpc) is 2.12. The molecule has 1 rings (SSSR count). The van der Waals surface area contributed by atoms with Crippen LogP contribution in [0.4, 0.5) is 16.2 Å². The van der Waals surface area contributed by atoms with Crippen molar-refractivity contribution < 1.29 is 9.53 Å². The Hall–Kier alpha value is -1.91. The smallest absolute Gasteiger partial charge is 0.426 e. The number of anilines is 2. The summed E-state index contributed by atoms with van der Waals surface area (Å²) in [4.78, 5) is 11.3. The summed E-state index contributed by atoms with van der Waals surface area (Å²) in [6, 6.07) is 7.04. The Morgan fingerprint density at radius 2 is 2.06 bits per heavy atom. The van der Waals surface area contributed by atoms with E-state index in [1.807, 2.05) is 0 Å². The molecule has 0 aliphatic rings. The third-order valence-corrected chi connectivity index (χ3v) is 1.59. The van der Waals surface area contributed by atoms with Crippen molar-refractivity contribution >= 4 is 17.5 Å². The van der Waals surface area contributed by atoms with E-state index in [1.165, 1.54) is 0 Å². The number of ether oxygens (including phenoxy) is 1. The number of benzene rings is 1. The van der Waals surface area contributed by atoms with E-state index in [1.54, 1.807) is 45.0 Å². The van der Waals surface area contributed by atoms with Crippen LogP contribution in [0, 0.1) is 0 Å². The lowest BCUT2D eigenvalue weighted by molar-refractivity contribution is 0.0541. The zero-order chi connectivity index (χ0) is 12.2. The molecule has 88 valence electrons. The fourth-order valence-corrected chi connectivity index (χ4v) is 1.04. The zero-order valence-electron chi connectivity index (χ0n) is 9.70. The van der Waals surface area contributed by atoms with Crippen LogP contribution in [0.1, 0.15) is 20.8 Å². The van der Waals surface area contributed by atoms with Gasteiger partial charge in [-0.2, -0.15) is 0 Å². The molecule has 0 aromatic heterocycles. The van der Waals surface area contributed by atoms with Gasteiger partial charge in [-0.25, -0.2) is 10.2 Å². The first-order chi connectivity index (χ1) is 7.37. The van der Waals surface area contributed by atoms with Crippen LogP contribution in [0.5, 0.6) is 0 Å². The molecule has 0 saturated carbocycles. The molecule has 0 radical (unpaired) electrons. The van der Waals surface area contributed by atoms with E-state index in [4.69, 9.17) is 10.5 Å². The summed E-state index contributed by atoms with van der Waals surface area (Å²) >= 11 is 0. The SMILES string of the molecule is CC(C)(C)OC(=O)NNc1cccc(N)c1. The Balaban J connectivity index is 2.43. The van der Waals surface area contributed by atoms with Crippen LogP contribution in [0.25, 0.3) is 0 Å². The summed E-state index contributed by atoms with van der Waals surface area (Å²) in [5.41, 5.74) is 11.5. The molecule has 1 aromatic carbocycles. The summed E-state index contributed by atoms with van der Waals surface area (Å²) < 4.78 is 5.05. The van der Waals surface area contributed by atoms with E-state index in [-0.39, 0.29) is 0 Å². The van der Waals surface area contributed by atoms with Crippen molar-refractivity contribution in [3.8, 4) is 0 Å². The van der Waals surface area contributed by atoms with E-state index in [9.17, 15) is 4.79 Å². The van der Waals surface area contributed by atoms with Crippen molar-refractivity contribution in [3.05, 3.63) is 24.3 Å². The molecular weight excluding hydrogens is 206 g/mol. The normalized spacial score (nSPS) is 10.7. The molecule has 0 atom stereocenters. The highest BCUT2D eigenvalue weighted by Gasteiger charge is 2.15. The largest absolute Gasteiger partial charge is 0.443 e. The maximum atomic E-state index is 11.3.